The standard InChI is InChI=1S/C14H11F3N4/c15-14(16,17)10-4-1-3-9(7-10)8-13-20-19-12-6-2-5-11(18)21(12)13/h1-7H,8,18H2. The fourth-order valence-electron chi connectivity index (χ4n) is 2.18. The number of nitrogens with two attached hydrogens (primary N) is 1. The molecule has 0 saturated heterocycles. The fourth-order valence-corrected chi connectivity index (χ4v) is 2.18. The quantitative estimate of drug-likeness (QED) is 0.790. The van der Waals surface area contributed by atoms with Gasteiger partial charge in [-0.05, 0) is 23.8 Å². The summed E-state index contributed by atoms with van der Waals surface area (Å²) in [4.78, 5) is 0. The van der Waals surface area contributed by atoms with Gasteiger partial charge in [0.05, 0.1) is 5.56 Å². The van der Waals surface area contributed by atoms with Crippen LogP contribution in [0.3, 0.4) is 0 Å². The number of nitrogen functional groups attached to an aromatic ring is 1. The summed E-state index contributed by atoms with van der Waals surface area (Å²) in [6.07, 6.45) is -4.14. The molecular weight excluding hydrogens is 281 g/mol. The Bertz CT molecular complexity index is 792. The molecule has 21 heavy (non-hydrogen) atoms. The molecule has 0 amide bonds. The Morgan fingerprint density at radius 1 is 1.05 bits per heavy atom. The average molecular weight is 292 g/mol. The number of rotatable bonds is 2. The number of pyridine rings is 1. The molecule has 0 unspecified atom stereocenters. The summed E-state index contributed by atoms with van der Waals surface area (Å²) in [5.74, 6) is 0.946. The number of alkyl halides is 3. The number of aromatic nitrogens is 3. The van der Waals surface area contributed by atoms with E-state index in [-0.39, 0.29) is 6.42 Å². The molecule has 7 heteroatoms. The Morgan fingerprint density at radius 3 is 2.57 bits per heavy atom. The molecular formula is C14H11F3N4. The minimum absolute atomic E-state index is 0.222. The van der Waals surface area contributed by atoms with Crippen molar-refractivity contribution in [2.75, 3.05) is 5.73 Å². The van der Waals surface area contributed by atoms with Crippen LogP contribution in [0.15, 0.2) is 42.5 Å². The van der Waals surface area contributed by atoms with E-state index >= 15 is 0 Å². The van der Waals surface area contributed by atoms with Crippen molar-refractivity contribution in [3.63, 3.8) is 0 Å². The molecule has 0 aliphatic rings. The Hall–Kier alpha value is -2.57. The molecule has 0 atom stereocenters. The highest BCUT2D eigenvalue weighted by molar-refractivity contribution is 5.48. The van der Waals surface area contributed by atoms with Gasteiger partial charge in [-0.25, -0.2) is 0 Å². The fraction of sp³-hybridized carbons (Fsp3) is 0.143. The Kier molecular flexibility index (Phi) is 3.04. The molecule has 1 aromatic carbocycles. The maximum Gasteiger partial charge on any atom is 0.416 e. The minimum atomic E-state index is -4.36. The lowest BCUT2D eigenvalue weighted by molar-refractivity contribution is -0.137. The molecule has 2 heterocycles. The molecule has 4 nitrogen and oxygen atoms in total. The maximum absolute atomic E-state index is 12.7. The van der Waals surface area contributed by atoms with Crippen molar-refractivity contribution in [1.29, 1.82) is 0 Å². The van der Waals surface area contributed by atoms with Gasteiger partial charge in [-0.3, -0.25) is 4.40 Å². The Morgan fingerprint density at radius 2 is 1.81 bits per heavy atom. The summed E-state index contributed by atoms with van der Waals surface area (Å²) < 4.78 is 39.8. The summed E-state index contributed by atoms with van der Waals surface area (Å²) in [7, 11) is 0. The largest absolute Gasteiger partial charge is 0.416 e. The lowest BCUT2D eigenvalue weighted by atomic mass is 10.1. The molecule has 0 radical (unpaired) electrons. The number of fused-ring (bicyclic) bond motifs is 1. The molecule has 0 aliphatic carbocycles. The average Bonchev–Trinajstić information content (AvgIpc) is 2.83. The summed E-state index contributed by atoms with van der Waals surface area (Å²) in [5.41, 5.74) is 6.25. The van der Waals surface area contributed by atoms with E-state index in [0.29, 0.717) is 22.9 Å². The monoisotopic (exact) mass is 292 g/mol. The first kappa shape index (κ1) is 13.4. The van der Waals surface area contributed by atoms with E-state index in [2.05, 4.69) is 10.2 Å². The van der Waals surface area contributed by atoms with Crippen LogP contribution in [0.5, 0.6) is 0 Å². The number of halogens is 3. The highest BCUT2D eigenvalue weighted by Crippen LogP contribution is 2.30. The van der Waals surface area contributed by atoms with Gasteiger partial charge in [0.25, 0.3) is 0 Å². The van der Waals surface area contributed by atoms with Crippen LogP contribution in [0, 0.1) is 0 Å². The number of nitrogens with zero attached hydrogens (tertiary/aromatic N) is 3. The number of anilines is 1. The lowest BCUT2D eigenvalue weighted by Crippen LogP contribution is -2.06. The van der Waals surface area contributed by atoms with Crippen molar-refractivity contribution in [2.45, 2.75) is 12.6 Å². The third kappa shape index (κ3) is 2.54. The van der Waals surface area contributed by atoms with Crippen LogP contribution in [0.2, 0.25) is 0 Å². The van der Waals surface area contributed by atoms with E-state index in [9.17, 15) is 13.2 Å². The van der Waals surface area contributed by atoms with E-state index in [1.54, 1.807) is 28.7 Å². The van der Waals surface area contributed by atoms with Crippen LogP contribution >= 0.6 is 0 Å². The molecule has 2 N–H and O–H groups in total. The second kappa shape index (κ2) is 4.76. The zero-order valence-corrected chi connectivity index (χ0v) is 10.8. The summed E-state index contributed by atoms with van der Waals surface area (Å²) in [6.45, 7) is 0. The highest BCUT2D eigenvalue weighted by atomic mass is 19.4. The van der Waals surface area contributed by atoms with Gasteiger partial charge in [0, 0.05) is 6.42 Å². The SMILES string of the molecule is Nc1cccc2nnc(Cc3cccc(C(F)(F)F)c3)n12. The van der Waals surface area contributed by atoms with E-state index in [0.717, 1.165) is 12.1 Å². The van der Waals surface area contributed by atoms with E-state index in [1.807, 2.05) is 0 Å². The van der Waals surface area contributed by atoms with Gasteiger partial charge < -0.3 is 5.73 Å². The molecule has 108 valence electrons. The van der Waals surface area contributed by atoms with Crippen LogP contribution in [0.25, 0.3) is 5.65 Å². The van der Waals surface area contributed by atoms with Gasteiger partial charge in [-0.2, -0.15) is 13.2 Å². The van der Waals surface area contributed by atoms with Crippen molar-refractivity contribution in [2.24, 2.45) is 0 Å². The minimum Gasteiger partial charge on any atom is -0.385 e. The van der Waals surface area contributed by atoms with Gasteiger partial charge in [-0.15, -0.1) is 10.2 Å². The predicted octanol–water partition coefficient (Wildman–Crippen LogP) is 2.92. The van der Waals surface area contributed by atoms with E-state index < -0.39 is 11.7 Å². The molecule has 0 aliphatic heterocycles. The first-order chi connectivity index (χ1) is 9.95. The summed E-state index contributed by atoms with van der Waals surface area (Å²) >= 11 is 0. The zero-order valence-electron chi connectivity index (χ0n) is 10.8. The van der Waals surface area contributed by atoms with Crippen LogP contribution in [-0.4, -0.2) is 14.6 Å². The first-order valence-corrected chi connectivity index (χ1v) is 6.20. The lowest BCUT2D eigenvalue weighted by Gasteiger charge is -2.08. The van der Waals surface area contributed by atoms with Crippen molar-refractivity contribution in [3.8, 4) is 0 Å². The molecule has 3 rings (SSSR count). The number of hydrogen-bond acceptors (Lipinski definition) is 3. The van der Waals surface area contributed by atoms with Crippen LogP contribution in [0.1, 0.15) is 17.0 Å². The zero-order chi connectivity index (χ0) is 15.0. The molecule has 0 bridgehead atoms. The van der Waals surface area contributed by atoms with Crippen LogP contribution in [-0.2, 0) is 12.6 Å². The second-order valence-corrected chi connectivity index (χ2v) is 4.64. The van der Waals surface area contributed by atoms with Gasteiger partial charge in [-0.1, -0.05) is 24.3 Å². The van der Waals surface area contributed by atoms with Gasteiger partial charge in [0.15, 0.2) is 5.65 Å². The summed E-state index contributed by atoms with van der Waals surface area (Å²) in [6, 6.07) is 10.3. The normalized spacial score (nSPS) is 12.0. The van der Waals surface area contributed by atoms with Gasteiger partial charge >= 0.3 is 6.18 Å². The molecule has 0 spiro atoms. The smallest absolute Gasteiger partial charge is 0.385 e. The first-order valence-electron chi connectivity index (χ1n) is 6.20. The van der Waals surface area contributed by atoms with Crippen LogP contribution in [0.4, 0.5) is 19.0 Å². The van der Waals surface area contributed by atoms with Gasteiger partial charge in [0.1, 0.15) is 11.6 Å². The second-order valence-electron chi connectivity index (χ2n) is 4.64. The third-order valence-electron chi connectivity index (χ3n) is 3.14. The Balaban J connectivity index is 2.00. The molecule has 3 aromatic rings. The number of hydrogen-bond donors (Lipinski definition) is 1. The maximum atomic E-state index is 12.7. The molecule has 2 aromatic heterocycles. The van der Waals surface area contributed by atoms with Crippen LogP contribution < -0.4 is 5.73 Å². The predicted molar refractivity (Wildman–Crippen MR) is 71.6 cm³/mol. The Labute approximate surface area is 118 Å². The molecule has 0 fully saturated rings. The number of benzene rings is 1. The highest BCUT2D eigenvalue weighted by Gasteiger charge is 2.30. The van der Waals surface area contributed by atoms with Crippen molar-refractivity contribution in [3.05, 3.63) is 59.4 Å². The van der Waals surface area contributed by atoms with Crippen molar-refractivity contribution in [1.82, 2.24) is 14.6 Å². The van der Waals surface area contributed by atoms with Gasteiger partial charge in [0.2, 0.25) is 0 Å². The van der Waals surface area contributed by atoms with Crippen molar-refractivity contribution >= 4 is 11.5 Å². The van der Waals surface area contributed by atoms with Crippen molar-refractivity contribution < 1.29 is 13.2 Å². The van der Waals surface area contributed by atoms with E-state index in [4.69, 9.17) is 5.73 Å². The summed E-state index contributed by atoms with van der Waals surface area (Å²) in [5, 5.41) is 7.95. The molecule has 0 saturated carbocycles. The third-order valence-corrected chi connectivity index (χ3v) is 3.14. The topological polar surface area (TPSA) is 56.2 Å². The van der Waals surface area contributed by atoms with E-state index in [1.165, 1.54) is 6.07 Å².